The summed E-state index contributed by atoms with van der Waals surface area (Å²) in [5.41, 5.74) is 1.78. The van der Waals surface area contributed by atoms with Crippen molar-refractivity contribution in [3.8, 4) is 11.5 Å². The first kappa shape index (κ1) is 22.7. The minimum absolute atomic E-state index is 0.0658. The van der Waals surface area contributed by atoms with Crippen molar-refractivity contribution in [2.75, 3.05) is 27.3 Å². The average Bonchev–Trinajstić information content (AvgIpc) is 2.79. The quantitative estimate of drug-likeness (QED) is 0.633. The number of amides is 1. The third-order valence-corrected chi connectivity index (χ3v) is 5.16. The van der Waals surface area contributed by atoms with E-state index in [9.17, 15) is 14.0 Å². The molecule has 1 amide bonds. The summed E-state index contributed by atoms with van der Waals surface area (Å²) < 4.78 is 29.1. The maximum atomic E-state index is 13.0. The minimum atomic E-state index is -0.624. The number of nitrogens with one attached hydrogen (secondary N) is 2. The lowest BCUT2D eigenvalue weighted by atomic mass is 10.0. The number of carbonyl (C=O) groups is 2. The van der Waals surface area contributed by atoms with Gasteiger partial charge in [0.15, 0.2) is 17.3 Å². The van der Waals surface area contributed by atoms with E-state index < -0.39 is 12.1 Å². The minimum Gasteiger partial charge on any atom is -0.493 e. The van der Waals surface area contributed by atoms with Crippen LogP contribution in [0.1, 0.15) is 17.5 Å². The Bertz CT molecular complexity index is 903. The Balaban J connectivity index is 1.42. The van der Waals surface area contributed by atoms with Crippen LogP contribution in [0.5, 0.6) is 11.5 Å². The van der Waals surface area contributed by atoms with E-state index in [4.69, 9.17) is 14.2 Å². The predicted octanol–water partition coefficient (Wildman–Crippen LogP) is 2.02. The molecule has 2 aromatic carbocycles. The Morgan fingerprint density at radius 2 is 1.81 bits per heavy atom. The summed E-state index contributed by atoms with van der Waals surface area (Å²) in [6.07, 6.45) is 0.0628. The predicted molar refractivity (Wildman–Crippen MR) is 113 cm³/mol. The van der Waals surface area contributed by atoms with Crippen molar-refractivity contribution in [3.05, 3.63) is 59.4 Å². The van der Waals surface area contributed by atoms with Gasteiger partial charge < -0.3 is 24.8 Å². The van der Waals surface area contributed by atoms with Gasteiger partial charge in [0.25, 0.3) is 0 Å². The van der Waals surface area contributed by atoms with Crippen LogP contribution in [0, 0.1) is 5.82 Å². The third-order valence-electron chi connectivity index (χ3n) is 5.16. The number of ketones is 1. The number of ether oxygens (including phenoxy) is 3. The summed E-state index contributed by atoms with van der Waals surface area (Å²) in [5.74, 6) is 0.625. The van der Waals surface area contributed by atoms with E-state index in [1.807, 2.05) is 18.2 Å². The Kier molecular flexibility index (Phi) is 7.97. The van der Waals surface area contributed by atoms with Crippen molar-refractivity contribution in [3.63, 3.8) is 0 Å². The van der Waals surface area contributed by atoms with E-state index in [1.165, 1.54) is 12.1 Å². The third kappa shape index (κ3) is 6.26. The Morgan fingerprint density at radius 1 is 1.10 bits per heavy atom. The van der Waals surface area contributed by atoms with Gasteiger partial charge in [-0.15, -0.1) is 0 Å². The lowest BCUT2D eigenvalue weighted by molar-refractivity contribution is -0.138. The second-order valence-electron chi connectivity index (χ2n) is 7.29. The molecule has 7 nitrogen and oxygen atoms in total. The zero-order valence-electron chi connectivity index (χ0n) is 17.7. The fourth-order valence-corrected chi connectivity index (χ4v) is 3.37. The summed E-state index contributed by atoms with van der Waals surface area (Å²) in [6.45, 7) is 0.902. The SMILES string of the molecule is COc1ccc(CCNC(=O)C2CC(=O)C(OCc3ccc(F)cc3)CN2)cc1OC. The number of hydrogen-bond donors (Lipinski definition) is 2. The van der Waals surface area contributed by atoms with Crippen LogP contribution >= 0.6 is 0 Å². The molecule has 2 N–H and O–H groups in total. The molecule has 1 saturated heterocycles. The molecule has 2 unspecified atom stereocenters. The molecule has 2 atom stereocenters. The molecule has 3 rings (SSSR count). The summed E-state index contributed by atoms with van der Waals surface area (Å²) in [7, 11) is 3.15. The lowest BCUT2D eigenvalue weighted by Crippen LogP contribution is -2.54. The molecule has 0 aromatic heterocycles. The zero-order chi connectivity index (χ0) is 22.2. The summed E-state index contributed by atoms with van der Waals surface area (Å²) in [5, 5.41) is 5.94. The zero-order valence-corrected chi connectivity index (χ0v) is 17.7. The van der Waals surface area contributed by atoms with Crippen molar-refractivity contribution in [1.82, 2.24) is 10.6 Å². The Hall–Kier alpha value is -2.97. The number of halogens is 1. The van der Waals surface area contributed by atoms with Gasteiger partial charge in [-0.3, -0.25) is 9.59 Å². The maximum absolute atomic E-state index is 13.0. The van der Waals surface area contributed by atoms with Gasteiger partial charge in [-0.1, -0.05) is 18.2 Å². The van der Waals surface area contributed by atoms with Crippen molar-refractivity contribution in [2.24, 2.45) is 0 Å². The first-order valence-corrected chi connectivity index (χ1v) is 10.1. The standard InChI is InChI=1S/C23H27FN2O5/c1-29-20-8-5-15(11-21(20)30-2)9-10-25-23(28)18-12-19(27)22(13-26-18)31-14-16-3-6-17(24)7-4-16/h3-8,11,18,22,26H,9-10,12-14H2,1-2H3,(H,25,28). The van der Waals surface area contributed by atoms with E-state index in [0.717, 1.165) is 11.1 Å². The van der Waals surface area contributed by atoms with Gasteiger partial charge in [0, 0.05) is 19.5 Å². The first-order chi connectivity index (χ1) is 15.0. The number of piperidine rings is 1. The monoisotopic (exact) mass is 430 g/mol. The smallest absolute Gasteiger partial charge is 0.237 e. The van der Waals surface area contributed by atoms with Gasteiger partial charge in [-0.05, 0) is 41.8 Å². The van der Waals surface area contributed by atoms with Crippen LogP contribution in [0.25, 0.3) is 0 Å². The molecule has 0 spiro atoms. The largest absolute Gasteiger partial charge is 0.493 e. The Labute approximate surface area is 180 Å². The molecule has 1 aliphatic rings. The number of benzene rings is 2. The second-order valence-corrected chi connectivity index (χ2v) is 7.29. The highest BCUT2D eigenvalue weighted by Gasteiger charge is 2.32. The van der Waals surface area contributed by atoms with E-state index in [0.29, 0.717) is 24.5 Å². The van der Waals surface area contributed by atoms with Crippen molar-refractivity contribution < 1.29 is 28.2 Å². The summed E-state index contributed by atoms with van der Waals surface area (Å²) >= 11 is 0. The van der Waals surface area contributed by atoms with E-state index in [-0.39, 0.29) is 37.1 Å². The molecule has 1 fully saturated rings. The summed E-state index contributed by atoms with van der Waals surface area (Å²) in [4.78, 5) is 24.8. The topological polar surface area (TPSA) is 85.9 Å². The van der Waals surface area contributed by atoms with Crippen LogP contribution in [-0.2, 0) is 27.4 Å². The van der Waals surface area contributed by atoms with Crippen LogP contribution in [0.3, 0.4) is 0 Å². The van der Waals surface area contributed by atoms with E-state index in [1.54, 1.807) is 26.4 Å². The fourth-order valence-electron chi connectivity index (χ4n) is 3.37. The highest BCUT2D eigenvalue weighted by molar-refractivity contribution is 5.92. The molecule has 1 heterocycles. The normalized spacial score (nSPS) is 18.5. The fraction of sp³-hybridized carbons (Fsp3) is 0.391. The van der Waals surface area contributed by atoms with Gasteiger partial charge in [-0.25, -0.2) is 4.39 Å². The average molecular weight is 430 g/mol. The molecule has 0 saturated carbocycles. The molecule has 8 heteroatoms. The molecule has 166 valence electrons. The molecule has 31 heavy (non-hydrogen) atoms. The van der Waals surface area contributed by atoms with Crippen molar-refractivity contribution in [1.29, 1.82) is 0 Å². The Morgan fingerprint density at radius 3 is 2.48 bits per heavy atom. The van der Waals surface area contributed by atoms with Gasteiger partial charge >= 0.3 is 0 Å². The van der Waals surface area contributed by atoms with E-state index in [2.05, 4.69) is 10.6 Å². The number of rotatable bonds is 9. The van der Waals surface area contributed by atoms with Crippen molar-refractivity contribution in [2.45, 2.75) is 31.6 Å². The van der Waals surface area contributed by atoms with Gasteiger partial charge in [0.05, 0.1) is 26.9 Å². The van der Waals surface area contributed by atoms with Gasteiger partial charge in [0.2, 0.25) is 5.91 Å². The highest BCUT2D eigenvalue weighted by atomic mass is 19.1. The van der Waals surface area contributed by atoms with Gasteiger partial charge in [-0.2, -0.15) is 0 Å². The van der Waals surface area contributed by atoms with Crippen LogP contribution in [0.2, 0.25) is 0 Å². The van der Waals surface area contributed by atoms with Crippen LogP contribution in [-0.4, -0.2) is 51.1 Å². The van der Waals surface area contributed by atoms with Crippen LogP contribution in [0.4, 0.5) is 4.39 Å². The molecule has 2 aromatic rings. The number of hydrogen-bond acceptors (Lipinski definition) is 6. The summed E-state index contributed by atoms with van der Waals surface area (Å²) in [6, 6.07) is 11.0. The molecular formula is C23H27FN2O5. The number of carbonyl (C=O) groups excluding carboxylic acids is 2. The van der Waals surface area contributed by atoms with Crippen LogP contribution < -0.4 is 20.1 Å². The number of Topliss-reactive ketones (excluding diaryl/α,β-unsaturated/α-hetero) is 1. The highest BCUT2D eigenvalue weighted by Crippen LogP contribution is 2.27. The van der Waals surface area contributed by atoms with Crippen molar-refractivity contribution >= 4 is 11.7 Å². The maximum Gasteiger partial charge on any atom is 0.237 e. The van der Waals surface area contributed by atoms with E-state index >= 15 is 0 Å². The lowest BCUT2D eigenvalue weighted by Gasteiger charge is -2.28. The molecule has 1 aliphatic heterocycles. The second kappa shape index (κ2) is 10.9. The van der Waals surface area contributed by atoms with Gasteiger partial charge in [0.1, 0.15) is 11.9 Å². The molecule has 0 bridgehead atoms. The van der Waals surface area contributed by atoms with Crippen LogP contribution in [0.15, 0.2) is 42.5 Å². The molecule has 0 radical (unpaired) electrons. The first-order valence-electron chi connectivity index (χ1n) is 10.1. The molecule has 0 aliphatic carbocycles. The molecular weight excluding hydrogens is 403 g/mol. The number of methoxy groups -OCH3 is 2.